The zero-order chi connectivity index (χ0) is 17.0. The number of nitrogens with two attached hydrogens (primary N) is 1. The van der Waals surface area contributed by atoms with Crippen LogP contribution in [0.25, 0.3) is 10.9 Å². The molecule has 0 amide bonds. The molecule has 0 aliphatic heterocycles. The molecule has 0 bridgehead atoms. The van der Waals surface area contributed by atoms with E-state index in [1.807, 2.05) is 37.4 Å². The van der Waals surface area contributed by atoms with Crippen molar-refractivity contribution in [3.63, 3.8) is 0 Å². The first kappa shape index (κ1) is 17.0. The van der Waals surface area contributed by atoms with Crippen molar-refractivity contribution in [3.05, 3.63) is 36.0 Å². The van der Waals surface area contributed by atoms with Crippen LogP contribution in [0.1, 0.15) is 18.9 Å². The highest BCUT2D eigenvalue weighted by molar-refractivity contribution is 5.83. The van der Waals surface area contributed by atoms with Gasteiger partial charge in [0.25, 0.3) is 0 Å². The van der Waals surface area contributed by atoms with Gasteiger partial charge in [0.15, 0.2) is 0 Å². The molecule has 0 radical (unpaired) electrons. The Morgan fingerprint density at radius 3 is 2.61 bits per heavy atom. The van der Waals surface area contributed by atoms with Crippen LogP contribution in [0, 0.1) is 0 Å². The fourth-order valence-electron chi connectivity index (χ4n) is 2.63. The minimum atomic E-state index is -1.21. The Morgan fingerprint density at radius 2 is 1.96 bits per heavy atom. The number of fused-ring (bicyclic) bond motifs is 1. The van der Waals surface area contributed by atoms with Crippen LogP contribution >= 0.6 is 0 Å². The summed E-state index contributed by atoms with van der Waals surface area (Å²) < 4.78 is 0. The van der Waals surface area contributed by atoms with Gasteiger partial charge < -0.3 is 26.2 Å². The number of hydrogen-bond acceptors (Lipinski definition) is 4. The van der Waals surface area contributed by atoms with Crippen LogP contribution < -0.4 is 11.1 Å². The second kappa shape index (κ2) is 7.26. The molecule has 124 valence electrons. The molecule has 7 nitrogen and oxygen atoms in total. The second-order valence-corrected chi connectivity index (χ2v) is 5.70. The molecule has 1 unspecified atom stereocenters. The predicted octanol–water partition coefficient (Wildman–Crippen LogP) is 0.944. The summed E-state index contributed by atoms with van der Waals surface area (Å²) in [5.41, 5.74) is 7.53. The Bertz CT molecular complexity index is 697. The molecule has 23 heavy (non-hydrogen) atoms. The number of hydrogen-bond donors (Lipinski definition) is 5. The summed E-state index contributed by atoms with van der Waals surface area (Å²) in [7, 11) is 0. The van der Waals surface area contributed by atoms with Crippen molar-refractivity contribution in [3.8, 4) is 0 Å². The summed E-state index contributed by atoms with van der Waals surface area (Å²) >= 11 is 0. The maximum Gasteiger partial charge on any atom is 0.320 e. The fourth-order valence-corrected chi connectivity index (χ4v) is 2.63. The molecule has 0 aliphatic carbocycles. The van der Waals surface area contributed by atoms with E-state index < -0.39 is 24.0 Å². The first-order chi connectivity index (χ1) is 10.9. The first-order valence-corrected chi connectivity index (χ1v) is 7.40. The molecule has 1 aromatic carbocycles. The van der Waals surface area contributed by atoms with E-state index in [0.717, 1.165) is 16.5 Å². The van der Waals surface area contributed by atoms with Gasteiger partial charge in [-0.05, 0) is 31.4 Å². The van der Waals surface area contributed by atoms with Crippen LogP contribution in [-0.4, -0.2) is 45.3 Å². The first-order valence-electron chi connectivity index (χ1n) is 7.40. The van der Waals surface area contributed by atoms with Crippen molar-refractivity contribution in [2.75, 3.05) is 0 Å². The Morgan fingerprint density at radius 1 is 1.26 bits per heavy atom. The van der Waals surface area contributed by atoms with Crippen molar-refractivity contribution in [2.45, 2.75) is 37.9 Å². The molecule has 2 aromatic rings. The molecule has 0 saturated carbocycles. The van der Waals surface area contributed by atoms with Crippen molar-refractivity contribution in [1.29, 1.82) is 0 Å². The molecular formula is C16H21N3O4. The number of benzene rings is 1. The van der Waals surface area contributed by atoms with Gasteiger partial charge in [-0.15, -0.1) is 0 Å². The average Bonchev–Trinajstić information content (AvgIpc) is 2.89. The molecule has 3 atom stereocenters. The topological polar surface area (TPSA) is 128 Å². The van der Waals surface area contributed by atoms with E-state index >= 15 is 0 Å². The van der Waals surface area contributed by atoms with Gasteiger partial charge in [0, 0.05) is 23.1 Å². The molecule has 1 aromatic heterocycles. The predicted molar refractivity (Wildman–Crippen MR) is 86.3 cm³/mol. The molecule has 0 fully saturated rings. The Labute approximate surface area is 133 Å². The molecule has 1 heterocycles. The average molecular weight is 319 g/mol. The van der Waals surface area contributed by atoms with Crippen molar-refractivity contribution in [1.82, 2.24) is 10.3 Å². The molecule has 2 rings (SSSR count). The minimum absolute atomic E-state index is 0.142. The summed E-state index contributed by atoms with van der Waals surface area (Å²) in [6, 6.07) is 5.52. The summed E-state index contributed by atoms with van der Waals surface area (Å²) in [6.07, 6.45) is 2.36. The van der Waals surface area contributed by atoms with Crippen molar-refractivity contribution >= 4 is 22.8 Å². The van der Waals surface area contributed by atoms with E-state index in [4.69, 9.17) is 10.8 Å². The van der Waals surface area contributed by atoms with Gasteiger partial charge in [0.1, 0.15) is 12.1 Å². The van der Waals surface area contributed by atoms with E-state index in [2.05, 4.69) is 10.3 Å². The SMILES string of the molecule is C[C@@H](Cc1c[nH]c2ccccc12)N[C@@H](CC(N)C(=O)O)C(=O)O. The zero-order valence-electron chi connectivity index (χ0n) is 12.8. The number of para-hydroxylation sites is 1. The van der Waals surface area contributed by atoms with Crippen LogP contribution in [0.15, 0.2) is 30.5 Å². The van der Waals surface area contributed by atoms with Gasteiger partial charge in [-0.3, -0.25) is 9.59 Å². The molecular weight excluding hydrogens is 298 g/mol. The van der Waals surface area contributed by atoms with Gasteiger partial charge in [0.2, 0.25) is 0 Å². The summed E-state index contributed by atoms with van der Waals surface area (Å²) in [4.78, 5) is 25.3. The number of H-pyrrole nitrogens is 1. The molecule has 7 heteroatoms. The lowest BCUT2D eigenvalue weighted by molar-refractivity contribution is -0.141. The number of aromatic amines is 1. The highest BCUT2D eigenvalue weighted by Gasteiger charge is 2.25. The van der Waals surface area contributed by atoms with E-state index in [0.29, 0.717) is 6.42 Å². The monoisotopic (exact) mass is 319 g/mol. The number of nitrogens with one attached hydrogen (secondary N) is 2. The van der Waals surface area contributed by atoms with Crippen molar-refractivity contribution < 1.29 is 19.8 Å². The highest BCUT2D eigenvalue weighted by atomic mass is 16.4. The Balaban J connectivity index is 2.03. The van der Waals surface area contributed by atoms with Crippen LogP contribution in [0.4, 0.5) is 0 Å². The largest absolute Gasteiger partial charge is 0.480 e. The number of aliphatic carboxylic acids is 2. The van der Waals surface area contributed by atoms with E-state index in [1.54, 1.807) is 0 Å². The lowest BCUT2D eigenvalue weighted by atomic mass is 10.0. The van der Waals surface area contributed by atoms with Crippen LogP contribution in [0.3, 0.4) is 0 Å². The zero-order valence-corrected chi connectivity index (χ0v) is 12.8. The number of aromatic nitrogens is 1. The maximum absolute atomic E-state index is 11.3. The van der Waals surface area contributed by atoms with Gasteiger partial charge in [-0.2, -0.15) is 0 Å². The van der Waals surface area contributed by atoms with Crippen LogP contribution in [0.5, 0.6) is 0 Å². The Kier molecular flexibility index (Phi) is 5.36. The van der Waals surface area contributed by atoms with Crippen molar-refractivity contribution in [2.24, 2.45) is 5.73 Å². The number of carbonyl (C=O) groups is 2. The third-order valence-corrected chi connectivity index (χ3v) is 3.79. The maximum atomic E-state index is 11.3. The minimum Gasteiger partial charge on any atom is -0.480 e. The van der Waals surface area contributed by atoms with Gasteiger partial charge in [-0.1, -0.05) is 18.2 Å². The lowest BCUT2D eigenvalue weighted by Crippen LogP contribution is -2.47. The van der Waals surface area contributed by atoms with Gasteiger partial charge in [-0.25, -0.2) is 0 Å². The third kappa shape index (κ3) is 4.30. The molecule has 0 saturated heterocycles. The number of rotatable bonds is 8. The molecule has 6 N–H and O–H groups in total. The molecule has 0 aliphatic rings. The second-order valence-electron chi connectivity index (χ2n) is 5.70. The van der Waals surface area contributed by atoms with E-state index in [1.165, 1.54) is 0 Å². The summed E-state index contributed by atoms with van der Waals surface area (Å²) in [5.74, 6) is -2.31. The van der Waals surface area contributed by atoms with Gasteiger partial charge >= 0.3 is 11.9 Å². The smallest absolute Gasteiger partial charge is 0.320 e. The van der Waals surface area contributed by atoms with Crippen LogP contribution in [-0.2, 0) is 16.0 Å². The van der Waals surface area contributed by atoms with E-state index in [-0.39, 0.29) is 12.5 Å². The summed E-state index contributed by atoms with van der Waals surface area (Å²) in [5, 5.41) is 22.1. The number of carboxylic acids is 2. The normalized spacial score (nSPS) is 15.2. The fraction of sp³-hybridized carbons (Fsp3) is 0.375. The quantitative estimate of drug-likeness (QED) is 0.492. The molecule has 0 spiro atoms. The lowest BCUT2D eigenvalue weighted by Gasteiger charge is -2.21. The van der Waals surface area contributed by atoms with E-state index in [9.17, 15) is 14.7 Å². The van der Waals surface area contributed by atoms with Gasteiger partial charge in [0.05, 0.1) is 0 Å². The standard InChI is InChI=1S/C16H21N3O4/c1-9(19-14(16(22)23)7-12(17)15(20)21)6-10-8-18-13-5-3-2-4-11(10)13/h2-5,8-9,12,14,18-19H,6-7,17H2,1H3,(H,20,21)(H,22,23)/t9-,12?,14-/m0/s1. The van der Waals surface area contributed by atoms with Crippen LogP contribution in [0.2, 0.25) is 0 Å². The highest BCUT2D eigenvalue weighted by Crippen LogP contribution is 2.19. The Hall–Kier alpha value is -2.38. The third-order valence-electron chi connectivity index (χ3n) is 3.79. The number of carboxylic acid groups (broad SMARTS) is 2. The summed E-state index contributed by atoms with van der Waals surface area (Å²) in [6.45, 7) is 1.87.